The van der Waals surface area contributed by atoms with E-state index in [4.69, 9.17) is 0 Å². The topological polar surface area (TPSA) is 64.7 Å². The molecule has 1 N–H and O–H groups in total. The number of aromatic nitrogens is 4. The lowest BCUT2D eigenvalue weighted by molar-refractivity contribution is -0.137. The van der Waals surface area contributed by atoms with Crippen LogP contribution in [0, 0.1) is 13.8 Å². The number of rotatable bonds is 4. The molecule has 0 saturated heterocycles. The molecule has 3 rings (SSSR count). The Bertz CT molecular complexity index is 970. The van der Waals surface area contributed by atoms with Crippen molar-refractivity contribution in [2.24, 2.45) is 7.05 Å². The molecule has 0 aromatic carbocycles. The van der Waals surface area contributed by atoms with Gasteiger partial charge in [0.2, 0.25) is 0 Å². The molecular weight excluding hydrogens is 359 g/mol. The van der Waals surface area contributed by atoms with Crippen LogP contribution in [0.4, 0.5) is 13.2 Å². The van der Waals surface area contributed by atoms with Gasteiger partial charge in [-0.1, -0.05) is 0 Å². The molecule has 0 radical (unpaired) electrons. The first-order chi connectivity index (χ1) is 12.7. The van der Waals surface area contributed by atoms with Crippen LogP contribution < -0.4 is 5.32 Å². The molecule has 0 saturated carbocycles. The number of pyridine rings is 1. The van der Waals surface area contributed by atoms with Crippen LogP contribution >= 0.6 is 0 Å². The van der Waals surface area contributed by atoms with Crippen molar-refractivity contribution in [3.63, 3.8) is 0 Å². The standard InChI is InChI=1S/C18H18F3N5O/c1-11-4-6-14(25(11)3)9-23-17(27)15-10-24-26(12(15)2)16-7-5-13(8-22-16)18(19,20)21/h4-8,10H,9H2,1-3H3,(H,23,27). The van der Waals surface area contributed by atoms with Gasteiger partial charge in [0.05, 0.1) is 29.6 Å². The van der Waals surface area contributed by atoms with E-state index in [1.54, 1.807) is 6.92 Å². The zero-order valence-corrected chi connectivity index (χ0v) is 15.0. The van der Waals surface area contributed by atoms with Gasteiger partial charge in [-0.3, -0.25) is 4.79 Å². The zero-order chi connectivity index (χ0) is 19.8. The van der Waals surface area contributed by atoms with Gasteiger partial charge >= 0.3 is 6.18 Å². The average molecular weight is 377 g/mol. The molecule has 6 nitrogen and oxygen atoms in total. The zero-order valence-electron chi connectivity index (χ0n) is 15.0. The summed E-state index contributed by atoms with van der Waals surface area (Å²) < 4.78 is 41.3. The largest absolute Gasteiger partial charge is 0.417 e. The minimum absolute atomic E-state index is 0.206. The Hall–Kier alpha value is -3.10. The summed E-state index contributed by atoms with van der Waals surface area (Å²) in [5.41, 5.74) is 2.02. The van der Waals surface area contributed by atoms with E-state index in [1.807, 2.05) is 30.7 Å². The highest BCUT2D eigenvalue weighted by molar-refractivity contribution is 5.95. The maximum Gasteiger partial charge on any atom is 0.417 e. The van der Waals surface area contributed by atoms with Gasteiger partial charge in [-0.2, -0.15) is 18.3 Å². The summed E-state index contributed by atoms with van der Waals surface area (Å²) in [6, 6.07) is 6.04. The summed E-state index contributed by atoms with van der Waals surface area (Å²) in [7, 11) is 1.91. The molecule has 0 aliphatic rings. The number of alkyl halides is 3. The van der Waals surface area contributed by atoms with E-state index in [0.717, 1.165) is 23.7 Å². The van der Waals surface area contributed by atoms with E-state index >= 15 is 0 Å². The number of hydrogen-bond acceptors (Lipinski definition) is 3. The van der Waals surface area contributed by atoms with Crippen LogP contribution in [0.15, 0.2) is 36.7 Å². The summed E-state index contributed by atoms with van der Waals surface area (Å²) >= 11 is 0. The van der Waals surface area contributed by atoms with Crippen LogP contribution in [-0.4, -0.2) is 25.2 Å². The Morgan fingerprint density at radius 2 is 1.89 bits per heavy atom. The monoisotopic (exact) mass is 377 g/mol. The van der Waals surface area contributed by atoms with Crippen molar-refractivity contribution in [3.8, 4) is 5.82 Å². The Morgan fingerprint density at radius 3 is 2.44 bits per heavy atom. The molecule has 142 valence electrons. The highest BCUT2D eigenvalue weighted by Crippen LogP contribution is 2.28. The van der Waals surface area contributed by atoms with E-state index in [0.29, 0.717) is 17.8 Å². The molecule has 3 heterocycles. The summed E-state index contributed by atoms with van der Waals surface area (Å²) in [4.78, 5) is 16.2. The van der Waals surface area contributed by atoms with Gasteiger partial charge in [0.1, 0.15) is 0 Å². The molecule has 3 aromatic rings. The van der Waals surface area contributed by atoms with Gasteiger partial charge in [0.25, 0.3) is 5.91 Å². The predicted molar refractivity (Wildman–Crippen MR) is 92.4 cm³/mol. The van der Waals surface area contributed by atoms with Crippen molar-refractivity contribution in [1.29, 1.82) is 0 Å². The molecule has 0 aliphatic carbocycles. The fourth-order valence-corrected chi connectivity index (χ4v) is 2.65. The van der Waals surface area contributed by atoms with Crippen LogP contribution in [0.2, 0.25) is 0 Å². The van der Waals surface area contributed by atoms with Crippen LogP contribution in [-0.2, 0) is 19.8 Å². The second kappa shape index (κ2) is 6.90. The molecule has 0 bridgehead atoms. The van der Waals surface area contributed by atoms with Crippen molar-refractivity contribution in [2.45, 2.75) is 26.6 Å². The SMILES string of the molecule is Cc1c(C(=O)NCc2ccc(C)n2C)cnn1-c1ccc(C(F)(F)F)cn1. The minimum Gasteiger partial charge on any atom is -0.350 e. The van der Waals surface area contributed by atoms with Crippen molar-refractivity contribution in [1.82, 2.24) is 24.6 Å². The van der Waals surface area contributed by atoms with Crippen molar-refractivity contribution in [3.05, 3.63) is 64.9 Å². The lowest BCUT2D eigenvalue weighted by Crippen LogP contribution is -2.24. The molecule has 27 heavy (non-hydrogen) atoms. The summed E-state index contributed by atoms with van der Waals surface area (Å²) in [5.74, 6) is -0.109. The maximum atomic E-state index is 12.6. The normalized spacial score (nSPS) is 11.6. The highest BCUT2D eigenvalue weighted by atomic mass is 19.4. The minimum atomic E-state index is -4.45. The first-order valence-electron chi connectivity index (χ1n) is 8.16. The Balaban J connectivity index is 1.76. The third-order valence-electron chi connectivity index (χ3n) is 4.45. The first kappa shape index (κ1) is 18.7. The predicted octanol–water partition coefficient (Wildman–Crippen LogP) is 3.17. The van der Waals surface area contributed by atoms with Gasteiger partial charge in [-0.05, 0) is 38.1 Å². The van der Waals surface area contributed by atoms with E-state index in [1.165, 1.54) is 16.9 Å². The highest BCUT2D eigenvalue weighted by Gasteiger charge is 2.30. The van der Waals surface area contributed by atoms with E-state index < -0.39 is 11.7 Å². The average Bonchev–Trinajstić information content (AvgIpc) is 3.16. The van der Waals surface area contributed by atoms with Gasteiger partial charge in [-0.25, -0.2) is 9.67 Å². The van der Waals surface area contributed by atoms with Crippen molar-refractivity contribution >= 4 is 5.91 Å². The van der Waals surface area contributed by atoms with E-state index in [9.17, 15) is 18.0 Å². The summed E-state index contributed by atoms with van der Waals surface area (Å²) in [6.07, 6.45) is -2.33. The molecule has 9 heteroatoms. The van der Waals surface area contributed by atoms with Gasteiger partial charge in [0.15, 0.2) is 5.82 Å². The maximum absolute atomic E-state index is 12.6. The van der Waals surface area contributed by atoms with Crippen molar-refractivity contribution < 1.29 is 18.0 Å². The number of aryl methyl sites for hydroxylation is 1. The van der Waals surface area contributed by atoms with Gasteiger partial charge in [0, 0.05) is 24.6 Å². The van der Waals surface area contributed by atoms with E-state index in [-0.39, 0.29) is 11.7 Å². The molecular formula is C18H18F3N5O. The first-order valence-corrected chi connectivity index (χ1v) is 8.16. The third kappa shape index (κ3) is 3.71. The molecule has 1 amide bonds. The number of carbonyl (C=O) groups excluding carboxylic acids is 1. The number of amides is 1. The molecule has 0 fully saturated rings. The molecule has 0 atom stereocenters. The Labute approximate surface area is 153 Å². The number of carbonyl (C=O) groups is 1. The van der Waals surface area contributed by atoms with Crippen LogP contribution in [0.1, 0.15) is 33.0 Å². The van der Waals surface area contributed by atoms with Crippen LogP contribution in [0.3, 0.4) is 0 Å². The second-order valence-corrected chi connectivity index (χ2v) is 6.17. The van der Waals surface area contributed by atoms with Crippen LogP contribution in [0.25, 0.3) is 5.82 Å². The number of nitrogens with zero attached hydrogens (tertiary/aromatic N) is 4. The molecule has 0 spiro atoms. The number of nitrogens with one attached hydrogen (secondary N) is 1. The number of hydrogen-bond donors (Lipinski definition) is 1. The Kier molecular flexibility index (Phi) is 4.77. The van der Waals surface area contributed by atoms with Crippen molar-refractivity contribution in [2.75, 3.05) is 0 Å². The van der Waals surface area contributed by atoms with Crippen LogP contribution in [0.5, 0.6) is 0 Å². The molecule has 0 aliphatic heterocycles. The smallest absolute Gasteiger partial charge is 0.350 e. The number of halogens is 3. The fourth-order valence-electron chi connectivity index (χ4n) is 2.65. The fraction of sp³-hybridized carbons (Fsp3) is 0.278. The van der Waals surface area contributed by atoms with Gasteiger partial charge in [-0.15, -0.1) is 0 Å². The summed E-state index contributed by atoms with van der Waals surface area (Å²) in [5, 5.41) is 6.90. The molecule has 3 aromatic heterocycles. The lowest BCUT2D eigenvalue weighted by Gasteiger charge is -2.09. The van der Waals surface area contributed by atoms with E-state index in [2.05, 4.69) is 15.4 Å². The molecule has 0 unspecified atom stereocenters. The quantitative estimate of drug-likeness (QED) is 0.760. The third-order valence-corrected chi connectivity index (χ3v) is 4.45. The summed E-state index contributed by atoms with van der Waals surface area (Å²) in [6.45, 7) is 3.98. The Morgan fingerprint density at radius 1 is 1.15 bits per heavy atom. The second-order valence-electron chi connectivity index (χ2n) is 6.17. The lowest BCUT2D eigenvalue weighted by atomic mass is 10.2. The van der Waals surface area contributed by atoms with Gasteiger partial charge < -0.3 is 9.88 Å².